The van der Waals surface area contributed by atoms with Gasteiger partial charge >= 0.3 is 5.97 Å². The number of ether oxygens (including phenoxy) is 1. The minimum atomic E-state index is -0.751. The van der Waals surface area contributed by atoms with Crippen molar-refractivity contribution in [2.75, 3.05) is 6.61 Å². The molecule has 1 atom stereocenters. The highest BCUT2D eigenvalue weighted by molar-refractivity contribution is 7.15. The van der Waals surface area contributed by atoms with E-state index in [1.54, 1.807) is 17.4 Å². The van der Waals surface area contributed by atoms with Gasteiger partial charge in [-0.2, -0.15) is 0 Å². The highest BCUT2D eigenvalue weighted by atomic mass is 32.1. The van der Waals surface area contributed by atoms with Crippen molar-refractivity contribution >= 4 is 17.3 Å². The molecule has 1 aromatic heterocycles. The maximum atomic E-state index is 13.5. The molecule has 29 heavy (non-hydrogen) atoms. The number of rotatable bonds is 7. The number of hydrogen-bond acceptors (Lipinski definition) is 4. The Morgan fingerprint density at radius 2 is 2.17 bits per heavy atom. The first kappa shape index (κ1) is 19.6. The predicted octanol–water partition coefficient (Wildman–Crippen LogP) is 5.38. The van der Waals surface area contributed by atoms with Crippen LogP contribution in [0.4, 0.5) is 4.39 Å². The van der Waals surface area contributed by atoms with E-state index >= 15 is 0 Å². The van der Waals surface area contributed by atoms with Crippen LogP contribution in [0.1, 0.15) is 40.5 Å². The molecular formula is C23H22FNO3S. The molecule has 0 saturated heterocycles. The summed E-state index contributed by atoms with van der Waals surface area (Å²) < 4.78 is 19.4. The van der Waals surface area contributed by atoms with Gasteiger partial charge in [-0.05, 0) is 61.1 Å². The highest BCUT2D eigenvalue weighted by Gasteiger charge is 2.24. The van der Waals surface area contributed by atoms with Gasteiger partial charge in [-0.1, -0.05) is 18.2 Å². The van der Waals surface area contributed by atoms with Gasteiger partial charge in [0.25, 0.3) is 0 Å². The fourth-order valence-electron chi connectivity index (χ4n) is 3.87. The number of carboxylic acid groups (broad SMARTS) is 1. The zero-order valence-corrected chi connectivity index (χ0v) is 17.0. The van der Waals surface area contributed by atoms with E-state index in [2.05, 4.69) is 4.98 Å². The lowest BCUT2D eigenvalue weighted by molar-refractivity contribution is -0.137. The van der Waals surface area contributed by atoms with E-state index in [9.17, 15) is 9.18 Å². The average molecular weight is 411 g/mol. The first-order valence-corrected chi connectivity index (χ1v) is 10.5. The Balaban J connectivity index is 1.38. The normalized spacial score (nSPS) is 15.3. The van der Waals surface area contributed by atoms with Crippen molar-refractivity contribution in [3.63, 3.8) is 0 Å². The fraction of sp³-hybridized carbons (Fsp3) is 0.304. The zero-order chi connectivity index (χ0) is 20.4. The van der Waals surface area contributed by atoms with Gasteiger partial charge in [0.05, 0.1) is 18.7 Å². The van der Waals surface area contributed by atoms with Gasteiger partial charge in [-0.25, -0.2) is 9.37 Å². The van der Waals surface area contributed by atoms with Crippen molar-refractivity contribution < 1.29 is 19.0 Å². The molecule has 150 valence electrons. The summed E-state index contributed by atoms with van der Waals surface area (Å²) >= 11 is 1.56. The van der Waals surface area contributed by atoms with Crippen LogP contribution in [-0.4, -0.2) is 22.7 Å². The Morgan fingerprint density at radius 1 is 1.31 bits per heavy atom. The SMILES string of the molecule is Cc1sc(-c2cccc(F)c2)nc1CCOc1ccc2c(c1)CCC2CC(=O)O. The molecule has 1 N–H and O–H groups in total. The summed E-state index contributed by atoms with van der Waals surface area (Å²) in [5.74, 6) is -0.102. The highest BCUT2D eigenvalue weighted by Crippen LogP contribution is 2.37. The van der Waals surface area contributed by atoms with Crippen LogP contribution in [0.5, 0.6) is 5.75 Å². The number of carboxylic acids is 1. The number of benzene rings is 2. The number of carbonyl (C=O) groups is 1. The number of hydrogen-bond donors (Lipinski definition) is 1. The van der Waals surface area contributed by atoms with E-state index in [0.717, 1.165) is 45.3 Å². The van der Waals surface area contributed by atoms with Crippen LogP contribution in [0.15, 0.2) is 42.5 Å². The lowest BCUT2D eigenvalue weighted by Gasteiger charge is -2.10. The first-order chi connectivity index (χ1) is 14.0. The van der Waals surface area contributed by atoms with Crippen LogP contribution in [0.2, 0.25) is 0 Å². The number of fused-ring (bicyclic) bond motifs is 1. The minimum Gasteiger partial charge on any atom is -0.493 e. The molecular weight excluding hydrogens is 389 g/mol. The molecule has 3 aromatic rings. The maximum absolute atomic E-state index is 13.5. The smallest absolute Gasteiger partial charge is 0.303 e. The minimum absolute atomic E-state index is 0.107. The second-order valence-electron chi connectivity index (χ2n) is 7.32. The van der Waals surface area contributed by atoms with E-state index in [-0.39, 0.29) is 18.2 Å². The molecule has 2 aromatic carbocycles. The molecule has 0 bridgehead atoms. The second kappa shape index (κ2) is 8.33. The van der Waals surface area contributed by atoms with E-state index < -0.39 is 5.97 Å². The number of aromatic nitrogens is 1. The van der Waals surface area contributed by atoms with E-state index in [0.29, 0.717) is 13.0 Å². The largest absolute Gasteiger partial charge is 0.493 e. The Hall–Kier alpha value is -2.73. The van der Waals surface area contributed by atoms with E-state index in [1.807, 2.05) is 31.2 Å². The van der Waals surface area contributed by atoms with Gasteiger partial charge < -0.3 is 9.84 Å². The van der Waals surface area contributed by atoms with E-state index in [4.69, 9.17) is 9.84 Å². The van der Waals surface area contributed by atoms with Crippen molar-refractivity contribution in [2.45, 2.75) is 38.5 Å². The molecule has 6 heteroatoms. The summed E-state index contributed by atoms with van der Waals surface area (Å²) in [6.07, 6.45) is 2.64. The number of nitrogens with zero attached hydrogens (tertiary/aromatic N) is 1. The average Bonchev–Trinajstić information content (AvgIpc) is 3.25. The van der Waals surface area contributed by atoms with Crippen molar-refractivity contribution in [2.24, 2.45) is 0 Å². The summed E-state index contributed by atoms with van der Waals surface area (Å²) in [5, 5.41) is 9.86. The quantitative estimate of drug-likeness (QED) is 0.567. The fourth-order valence-corrected chi connectivity index (χ4v) is 4.82. The molecule has 1 heterocycles. The van der Waals surface area contributed by atoms with Gasteiger partial charge in [0, 0.05) is 16.9 Å². The van der Waals surface area contributed by atoms with Crippen molar-refractivity contribution in [3.05, 3.63) is 70.0 Å². The summed E-state index contributed by atoms with van der Waals surface area (Å²) in [6, 6.07) is 12.4. The van der Waals surface area contributed by atoms with Gasteiger partial charge in [0.2, 0.25) is 0 Å². The van der Waals surface area contributed by atoms with Gasteiger partial charge in [0.15, 0.2) is 0 Å². The Kier molecular flexibility index (Phi) is 5.62. The lowest BCUT2D eigenvalue weighted by atomic mass is 9.98. The number of aliphatic carboxylic acids is 1. The molecule has 1 aliphatic rings. The molecule has 0 fully saturated rings. The van der Waals surface area contributed by atoms with Crippen LogP contribution >= 0.6 is 11.3 Å². The summed E-state index contributed by atoms with van der Waals surface area (Å²) in [5.41, 5.74) is 4.08. The molecule has 1 unspecified atom stereocenters. The zero-order valence-electron chi connectivity index (χ0n) is 16.2. The Morgan fingerprint density at radius 3 is 2.97 bits per heavy atom. The van der Waals surface area contributed by atoms with Crippen LogP contribution < -0.4 is 4.74 Å². The number of halogens is 1. The van der Waals surface area contributed by atoms with Crippen LogP contribution in [0, 0.1) is 12.7 Å². The Bertz CT molecular complexity index is 1050. The maximum Gasteiger partial charge on any atom is 0.303 e. The third kappa shape index (κ3) is 4.48. The molecule has 1 aliphatic carbocycles. The second-order valence-corrected chi connectivity index (χ2v) is 8.53. The molecule has 4 rings (SSSR count). The van der Waals surface area contributed by atoms with Crippen LogP contribution in [0.3, 0.4) is 0 Å². The van der Waals surface area contributed by atoms with Gasteiger partial charge in [-0.3, -0.25) is 4.79 Å². The summed E-state index contributed by atoms with van der Waals surface area (Å²) in [7, 11) is 0. The predicted molar refractivity (Wildman–Crippen MR) is 111 cm³/mol. The van der Waals surface area contributed by atoms with Gasteiger partial charge in [-0.15, -0.1) is 11.3 Å². The first-order valence-electron chi connectivity index (χ1n) is 9.69. The molecule has 4 nitrogen and oxygen atoms in total. The van der Waals surface area contributed by atoms with Crippen molar-refractivity contribution in [1.29, 1.82) is 0 Å². The lowest BCUT2D eigenvalue weighted by Crippen LogP contribution is -2.04. The molecule has 0 radical (unpaired) electrons. The summed E-state index contributed by atoms with van der Waals surface area (Å²) in [6.45, 7) is 2.53. The molecule has 0 saturated carbocycles. The monoisotopic (exact) mass is 411 g/mol. The third-order valence-electron chi connectivity index (χ3n) is 5.31. The third-order valence-corrected chi connectivity index (χ3v) is 6.37. The topological polar surface area (TPSA) is 59.4 Å². The van der Waals surface area contributed by atoms with E-state index in [1.165, 1.54) is 17.7 Å². The van der Waals surface area contributed by atoms with Crippen molar-refractivity contribution in [1.82, 2.24) is 4.98 Å². The molecule has 0 aliphatic heterocycles. The summed E-state index contributed by atoms with van der Waals surface area (Å²) in [4.78, 5) is 16.8. The molecule has 0 amide bonds. The Labute approximate surface area is 173 Å². The van der Waals surface area contributed by atoms with Gasteiger partial charge in [0.1, 0.15) is 16.6 Å². The standard InChI is InChI=1S/C23H22FNO3S/c1-14-21(25-23(29-14)17-3-2-4-18(24)11-17)9-10-28-19-7-8-20-15(12-19)5-6-16(20)13-22(26)27/h2-4,7-8,11-12,16H,5-6,9-10,13H2,1H3,(H,26,27). The number of thiazole rings is 1. The number of aryl methyl sites for hydroxylation is 2. The van der Waals surface area contributed by atoms with Crippen molar-refractivity contribution in [3.8, 4) is 16.3 Å². The molecule has 0 spiro atoms. The van der Waals surface area contributed by atoms with Crippen LogP contribution in [0.25, 0.3) is 10.6 Å². The van der Waals surface area contributed by atoms with Crippen LogP contribution in [-0.2, 0) is 17.6 Å².